The number of allylic oxidation sites excluding steroid dienone is 2. The average molecular weight is 579 g/mol. The van der Waals surface area contributed by atoms with Crippen LogP contribution in [0, 0.1) is 0 Å². The molecule has 0 saturated carbocycles. The Labute approximate surface area is 253 Å². The van der Waals surface area contributed by atoms with Crippen LogP contribution in [0.15, 0.2) is 24.3 Å². The second kappa shape index (κ2) is 31.5. The van der Waals surface area contributed by atoms with E-state index in [-0.39, 0.29) is 24.1 Å². The molecule has 0 saturated heterocycles. The van der Waals surface area contributed by atoms with E-state index in [2.05, 4.69) is 38.2 Å². The van der Waals surface area contributed by atoms with Gasteiger partial charge in [-0.15, -0.1) is 0 Å². The molecule has 0 aliphatic rings. The highest BCUT2D eigenvalue weighted by Gasteiger charge is 2.10. The Morgan fingerprint density at radius 2 is 0.878 bits per heavy atom. The van der Waals surface area contributed by atoms with E-state index in [0.717, 1.165) is 116 Å². The summed E-state index contributed by atoms with van der Waals surface area (Å²) in [5.41, 5.74) is 0. The Morgan fingerprint density at radius 1 is 0.512 bits per heavy atom. The zero-order chi connectivity index (χ0) is 30.2. The first-order valence-corrected chi connectivity index (χ1v) is 17.4. The van der Waals surface area contributed by atoms with Crippen LogP contribution >= 0.6 is 0 Å². The molecule has 0 rings (SSSR count). The standard InChI is InChI=1S/C36H66O5/c1-3-5-7-21-27-33(37)29-23-17-13-9-11-15-19-25-31-35(39)41-36(40)32-26-20-16-12-10-14-18-24-30-34(38)28-22-8-6-4-2/h17-18,23-24,33-34,37-38H,3-16,19-22,25-32H2,1-2H3/b23-17-,24-18-/t33-,34?/m1/s1. The molecule has 0 amide bonds. The molecule has 240 valence electrons. The zero-order valence-corrected chi connectivity index (χ0v) is 27.0. The van der Waals surface area contributed by atoms with E-state index in [4.69, 9.17) is 4.74 Å². The molecule has 2 N–H and O–H groups in total. The molecule has 0 spiro atoms. The fraction of sp³-hybridized carbons (Fsp3) is 0.833. The number of aliphatic hydroxyl groups is 2. The third-order valence-corrected chi connectivity index (χ3v) is 7.66. The number of hydrogen-bond donors (Lipinski definition) is 2. The largest absolute Gasteiger partial charge is 0.393 e. The summed E-state index contributed by atoms with van der Waals surface area (Å²) in [6, 6.07) is 0. The lowest BCUT2D eigenvalue weighted by Gasteiger charge is -2.07. The summed E-state index contributed by atoms with van der Waals surface area (Å²) < 4.78 is 4.97. The van der Waals surface area contributed by atoms with Gasteiger partial charge in [0.05, 0.1) is 12.2 Å². The number of hydrogen-bond acceptors (Lipinski definition) is 5. The van der Waals surface area contributed by atoms with Crippen molar-refractivity contribution in [1.82, 2.24) is 0 Å². The monoisotopic (exact) mass is 578 g/mol. The van der Waals surface area contributed by atoms with Crippen molar-refractivity contribution < 1.29 is 24.5 Å². The van der Waals surface area contributed by atoms with Gasteiger partial charge >= 0.3 is 11.9 Å². The van der Waals surface area contributed by atoms with Crippen LogP contribution in [-0.4, -0.2) is 34.4 Å². The summed E-state index contributed by atoms with van der Waals surface area (Å²) in [6.45, 7) is 4.40. The van der Waals surface area contributed by atoms with Crippen LogP contribution in [-0.2, 0) is 14.3 Å². The highest BCUT2D eigenvalue weighted by Crippen LogP contribution is 2.13. The molecule has 5 heteroatoms. The topological polar surface area (TPSA) is 83.8 Å². The molecule has 1 unspecified atom stereocenters. The van der Waals surface area contributed by atoms with Gasteiger partial charge in [-0.05, 0) is 64.2 Å². The second-order valence-electron chi connectivity index (χ2n) is 11.9. The van der Waals surface area contributed by atoms with Gasteiger partial charge in [0.15, 0.2) is 0 Å². The number of carbonyl (C=O) groups excluding carboxylic acids is 2. The highest BCUT2D eigenvalue weighted by molar-refractivity contribution is 5.85. The summed E-state index contributed by atoms with van der Waals surface area (Å²) in [5.74, 6) is -0.770. The molecule has 5 nitrogen and oxygen atoms in total. The molecular weight excluding hydrogens is 512 g/mol. The van der Waals surface area contributed by atoms with Gasteiger partial charge in [0.2, 0.25) is 0 Å². The van der Waals surface area contributed by atoms with Crippen molar-refractivity contribution in [3.63, 3.8) is 0 Å². The van der Waals surface area contributed by atoms with Crippen molar-refractivity contribution >= 4 is 11.9 Å². The Morgan fingerprint density at radius 3 is 1.29 bits per heavy atom. The maximum atomic E-state index is 11.9. The summed E-state index contributed by atoms with van der Waals surface area (Å²) in [7, 11) is 0. The van der Waals surface area contributed by atoms with Gasteiger partial charge in [-0.25, -0.2) is 0 Å². The first-order chi connectivity index (χ1) is 20.0. The summed E-state index contributed by atoms with van der Waals surface area (Å²) in [5, 5.41) is 19.9. The van der Waals surface area contributed by atoms with Gasteiger partial charge in [0, 0.05) is 12.8 Å². The highest BCUT2D eigenvalue weighted by atomic mass is 16.6. The Bertz CT molecular complexity index is 588. The Hall–Kier alpha value is -1.46. The van der Waals surface area contributed by atoms with E-state index in [1.165, 1.54) is 38.5 Å². The molecule has 2 atom stereocenters. The molecule has 0 aromatic carbocycles. The minimum absolute atomic E-state index is 0.200. The summed E-state index contributed by atoms with van der Waals surface area (Å²) in [6.07, 6.45) is 34.2. The maximum Gasteiger partial charge on any atom is 0.313 e. The molecule has 0 fully saturated rings. The van der Waals surface area contributed by atoms with Gasteiger partial charge in [0.25, 0.3) is 0 Å². The first kappa shape index (κ1) is 39.5. The predicted octanol–water partition coefficient (Wildman–Crippen LogP) is 10.1. The maximum absolute atomic E-state index is 11.9. The van der Waals surface area contributed by atoms with E-state index in [0.29, 0.717) is 12.8 Å². The molecule has 0 aromatic heterocycles. The lowest BCUT2D eigenvalue weighted by atomic mass is 10.1. The minimum atomic E-state index is -0.385. The lowest BCUT2D eigenvalue weighted by Crippen LogP contribution is -2.11. The first-order valence-electron chi connectivity index (χ1n) is 17.4. The fourth-order valence-electron chi connectivity index (χ4n) is 4.94. The summed E-state index contributed by atoms with van der Waals surface area (Å²) in [4.78, 5) is 23.8. The van der Waals surface area contributed by atoms with Gasteiger partial charge in [0.1, 0.15) is 0 Å². The molecule has 0 aliphatic carbocycles. The second-order valence-corrected chi connectivity index (χ2v) is 11.9. The smallest absolute Gasteiger partial charge is 0.313 e. The van der Waals surface area contributed by atoms with Crippen LogP contribution in [0.5, 0.6) is 0 Å². The van der Waals surface area contributed by atoms with Gasteiger partial charge < -0.3 is 14.9 Å². The van der Waals surface area contributed by atoms with Crippen LogP contribution in [0.2, 0.25) is 0 Å². The lowest BCUT2D eigenvalue weighted by molar-refractivity contribution is -0.159. The fourth-order valence-corrected chi connectivity index (χ4v) is 4.94. The molecule has 0 radical (unpaired) electrons. The molecule has 0 heterocycles. The number of carbonyl (C=O) groups is 2. The zero-order valence-electron chi connectivity index (χ0n) is 27.0. The average Bonchev–Trinajstić information content (AvgIpc) is 2.95. The number of ether oxygens (including phenoxy) is 1. The number of esters is 2. The summed E-state index contributed by atoms with van der Waals surface area (Å²) >= 11 is 0. The van der Waals surface area contributed by atoms with Crippen molar-refractivity contribution in [2.45, 2.75) is 193 Å². The van der Waals surface area contributed by atoms with Crippen LogP contribution < -0.4 is 0 Å². The van der Waals surface area contributed by atoms with E-state index in [9.17, 15) is 19.8 Å². The molecule has 0 bridgehead atoms. The van der Waals surface area contributed by atoms with Crippen molar-refractivity contribution in [1.29, 1.82) is 0 Å². The molecule has 41 heavy (non-hydrogen) atoms. The minimum Gasteiger partial charge on any atom is -0.393 e. The Kier molecular flexibility index (Phi) is 30.4. The van der Waals surface area contributed by atoms with Crippen LogP contribution in [0.4, 0.5) is 0 Å². The van der Waals surface area contributed by atoms with E-state index < -0.39 is 0 Å². The van der Waals surface area contributed by atoms with Gasteiger partial charge in [-0.1, -0.05) is 128 Å². The normalized spacial score (nSPS) is 13.3. The predicted molar refractivity (Wildman–Crippen MR) is 173 cm³/mol. The van der Waals surface area contributed by atoms with Gasteiger partial charge in [-0.3, -0.25) is 9.59 Å². The van der Waals surface area contributed by atoms with Crippen molar-refractivity contribution in [3.05, 3.63) is 24.3 Å². The SMILES string of the molecule is CCCCCCC(O)C/C=C\CCCCCCCC(=O)OC(=O)CCCCCCC/C=C\C[C@H](O)CCCCCC. The van der Waals surface area contributed by atoms with Crippen molar-refractivity contribution in [2.24, 2.45) is 0 Å². The molecular formula is C36H66O5. The number of unbranched alkanes of at least 4 members (excludes halogenated alkanes) is 16. The number of aliphatic hydroxyl groups excluding tert-OH is 2. The van der Waals surface area contributed by atoms with E-state index in [1.807, 2.05) is 0 Å². The van der Waals surface area contributed by atoms with Crippen LogP contribution in [0.25, 0.3) is 0 Å². The third kappa shape index (κ3) is 31.3. The van der Waals surface area contributed by atoms with E-state index in [1.54, 1.807) is 0 Å². The third-order valence-electron chi connectivity index (χ3n) is 7.66. The van der Waals surface area contributed by atoms with Crippen molar-refractivity contribution in [2.75, 3.05) is 0 Å². The van der Waals surface area contributed by atoms with Crippen molar-refractivity contribution in [3.8, 4) is 0 Å². The molecule has 0 aliphatic heterocycles. The Balaban J connectivity index is 3.48. The number of rotatable bonds is 30. The van der Waals surface area contributed by atoms with Crippen LogP contribution in [0.3, 0.4) is 0 Å². The quantitative estimate of drug-likeness (QED) is 0.0383. The van der Waals surface area contributed by atoms with Crippen LogP contribution in [0.1, 0.15) is 181 Å². The molecule has 0 aromatic rings. The van der Waals surface area contributed by atoms with E-state index >= 15 is 0 Å². The van der Waals surface area contributed by atoms with Gasteiger partial charge in [-0.2, -0.15) is 0 Å².